The van der Waals surface area contributed by atoms with Gasteiger partial charge >= 0.3 is 0 Å². The van der Waals surface area contributed by atoms with E-state index in [1.807, 2.05) is 15.3 Å². The quantitative estimate of drug-likeness (QED) is 0.640. The van der Waals surface area contributed by atoms with Crippen LogP contribution in [-0.2, 0) is 16.2 Å². The molecule has 1 aromatic heterocycles. The molecule has 0 aliphatic heterocycles. The van der Waals surface area contributed by atoms with Gasteiger partial charge in [0.2, 0.25) is 5.88 Å². The van der Waals surface area contributed by atoms with Gasteiger partial charge in [0, 0.05) is 28.7 Å². The molecule has 4 atom stereocenters. The second kappa shape index (κ2) is 9.09. The highest BCUT2D eigenvalue weighted by molar-refractivity contribution is 7.87. The maximum atomic E-state index is 14.3. The van der Waals surface area contributed by atoms with Gasteiger partial charge in [-0.1, -0.05) is 33.5 Å². The van der Waals surface area contributed by atoms with Crippen molar-refractivity contribution in [2.75, 3.05) is 6.26 Å². The monoisotopic (exact) mass is 435 g/mol. The fraction of sp³-hybridized carbons (Fsp3) is 0.350. The van der Waals surface area contributed by atoms with E-state index in [9.17, 15) is 13.4 Å². The maximum Gasteiger partial charge on any atom is 0.258 e. The second-order valence-corrected chi connectivity index (χ2v) is 9.42. The average Bonchev–Trinajstić information content (AvgIpc) is 3.50. The summed E-state index contributed by atoms with van der Waals surface area (Å²) in [5.41, 5.74) is 0.100. The van der Waals surface area contributed by atoms with Crippen LogP contribution in [0.15, 0.2) is 48.0 Å². The molecule has 154 valence electrons. The summed E-state index contributed by atoms with van der Waals surface area (Å²) in [5, 5.41) is 2.61. The van der Waals surface area contributed by atoms with Gasteiger partial charge in [-0.05, 0) is 37.8 Å². The molecule has 0 radical (unpaired) electrons. The molecule has 3 rings (SSSR count). The first-order valence-corrected chi connectivity index (χ1v) is 11.3. The van der Waals surface area contributed by atoms with Crippen molar-refractivity contribution >= 4 is 25.9 Å². The minimum Gasteiger partial charge on any atom is -0.438 e. The first kappa shape index (κ1) is 21.5. The normalized spacial score (nSPS) is 18.1. The molecule has 1 fully saturated rings. The van der Waals surface area contributed by atoms with Crippen LogP contribution in [0.4, 0.5) is 4.39 Å². The third kappa shape index (κ3) is 6.15. The van der Waals surface area contributed by atoms with Crippen molar-refractivity contribution in [3.8, 4) is 11.6 Å². The third-order valence-electron chi connectivity index (χ3n) is 4.30. The van der Waals surface area contributed by atoms with Crippen molar-refractivity contribution in [2.45, 2.75) is 31.2 Å². The molecule has 1 aliphatic rings. The van der Waals surface area contributed by atoms with Crippen LogP contribution < -0.4 is 10.1 Å². The summed E-state index contributed by atoms with van der Waals surface area (Å²) in [4.78, 5) is 21.1. The van der Waals surface area contributed by atoms with Crippen LogP contribution in [-0.4, -0.2) is 32.4 Å². The van der Waals surface area contributed by atoms with Gasteiger partial charge in [0.25, 0.3) is 5.91 Å². The number of alkyl halides is 1. The Morgan fingerprint density at radius 1 is 1.41 bits per heavy atom. The van der Waals surface area contributed by atoms with Crippen molar-refractivity contribution in [1.82, 2.24) is 15.3 Å². The van der Waals surface area contributed by atoms with Crippen LogP contribution in [0, 0.1) is 5.92 Å². The molecule has 1 heterocycles. The van der Waals surface area contributed by atoms with Crippen molar-refractivity contribution in [3.05, 3.63) is 59.4 Å². The van der Waals surface area contributed by atoms with Crippen molar-refractivity contribution < 1.29 is 18.1 Å². The Hall–Kier alpha value is -2.18. The minimum atomic E-state index is -1.87. The Balaban J connectivity index is 1.89. The number of ether oxygens (including phenoxy) is 1. The SMILES string of the molecule is CS(=O)/C=C/C(NC(=O)c1cnc(C(C)(F)P)nc1Oc1ccccc1)C1CC1. The maximum absolute atomic E-state index is 14.3. The van der Waals surface area contributed by atoms with Crippen molar-refractivity contribution in [1.29, 1.82) is 0 Å². The molecular formula is C20H23FN3O3PS. The summed E-state index contributed by atoms with van der Waals surface area (Å²) in [7, 11) is 0.923. The number of rotatable bonds is 8. The fourth-order valence-electron chi connectivity index (χ4n) is 2.64. The molecular weight excluding hydrogens is 412 g/mol. The van der Waals surface area contributed by atoms with Crippen molar-refractivity contribution in [3.63, 3.8) is 0 Å². The van der Waals surface area contributed by atoms with E-state index < -0.39 is 22.1 Å². The first-order chi connectivity index (χ1) is 13.7. The Bertz CT molecular complexity index is 930. The number of carbonyl (C=O) groups is 1. The summed E-state index contributed by atoms with van der Waals surface area (Å²) >= 11 is 0. The smallest absolute Gasteiger partial charge is 0.258 e. The number of nitrogens with one attached hydrogen (secondary N) is 1. The van der Waals surface area contributed by atoms with Gasteiger partial charge in [0.05, 0.1) is 6.04 Å². The molecule has 1 amide bonds. The zero-order valence-electron chi connectivity index (χ0n) is 16.2. The highest BCUT2D eigenvalue weighted by Gasteiger charge is 2.32. The molecule has 29 heavy (non-hydrogen) atoms. The van der Waals surface area contributed by atoms with Gasteiger partial charge in [0.15, 0.2) is 11.2 Å². The van der Waals surface area contributed by atoms with Gasteiger partial charge < -0.3 is 10.1 Å². The third-order valence-corrected chi connectivity index (χ3v) is 5.10. The van der Waals surface area contributed by atoms with E-state index in [2.05, 4.69) is 15.3 Å². The second-order valence-electron chi connectivity index (χ2n) is 7.07. The van der Waals surface area contributed by atoms with E-state index in [-0.39, 0.29) is 23.3 Å². The minimum absolute atomic E-state index is 0.0254. The number of nitrogens with zero attached hydrogens (tertiary/aromatic N) is 2. The van der Waals surface area contributed by atoms with Crippen LogP contribution in [0.5, 0.6) is 11.6 Å². The first-order valence-electron chi connectivity index (χ1n) is 9.13. The Kier molecular flexibility index (Phi) is 6.75. The largest absolute Gasteiger partial charge is 0.438 e. The summed E-state index contributed by atoms with van der Waals surface area (Å²) < 4.78 is 31.5. The zero-order valence-corrected chi connectivity index (χ0v) is 18.1. The lowest BCUT2D eigenvalue weighted by molar-refractivity contribution is 0.0937. The lowest BCUT2D eigenvalue weighted by Crippen LogP contribution is -2.35. The predicted octanol–water partition coefficient (Wildman–Crippen LogP) is 3.69. The summed E-state index contributed by atoms with van der Waals surface area (Å²) in [6.07, 6.45) is 6.56. The lowest BCUT2D eigenvalue weighted by atomic mass is 10.1. The lowest BCUT2D eigenvalue weighted by Gasteiger charge is -2.18. The summed E-state index contributed by atoms with van der Waals surface area (Å²) in [5.74, 6) is 0.206. The van der Waals surface area contributed by atoms with E-state index >= 15 is 0 Å². The molecule has 9 heteroatoms. The number of halogens is 1. The molecule has 1 N–H and O–H groups in total. The molecule has 1 saturated carbocycles. The molecule has 6 nitrogen and oxygen atoms in total. The van der Waals surface area contributed by atoms with Gasteiger partial charge in [-0.25, -0.2) is 9.37 Å². The molecule has 2 aromatic rings. The number of hydrogen-bond donors (Lipinski definition) is 1. The van der Waals surface area contributed by atoms with Gasteiger partial charge in [0.1, 0.15) is 11.3 Å². The summed E-state index contributed by atoms with van der Waals surface area (Å²) in [6, 6.07) is 8.58. The number of hydrogen-bond acceptors (Lipinski definition) is 5. The molecule has 4 unspecified atom stereocenters. The fourth-order valence-corrected chi connectivity index (χ4v) is 3.17. The topological polar surface area (TPSA) is 81.2 Å². The predicted molar refractivity (Wildman–Crippen MR) is 114 cm³/mol. The Morgan fingerprint density at radius 2 is 2.10 bits per heavy atom. The van der Waals surface area contributed by atoms with Crippen LogP contribution in [0.2, 0.25) is 0 Å². The van der Waals surface area contributed by atoms with Gasteiger partial charge in [-0.15, -0.1) is 0 Å². The summed E-state index contributed by atoms with van der Waals surface area (Å²) in [6.45, 7) is 1.30. The van der Waals surface area contributed by atoms with E-state index in [4.69, 9.17) is 4.74 Å². The molecule has 0 bridgehead atoms. The molecule has 0 saturated heterocycles. The van der Waals surface area contributed by atoms with Crippen LogP contribution in [0.1, 0.15) is 35.9 Å². The number of amides is 1. The van der Waals surface area contributed by atoms with Gasteiger partial charge in [-0.3, -0.25) is 9.00 Å². The number of carbonyl (C=O) groups excluding carboxylic acids is 1. The Labute approximate surface area is 174 Å². The molecule has 0 spiro atoms. The van der Waals surface area contributed by atoms with Crippen LogP contribution >= 0.6 is 9.24 Å². The zero-order chi connectivity index (χ0) is 21.0. The van der Waals surface area contributed by atoms with Crippen LogP contribution in [0.3, 0.4) is 0 Å². The molecule has 1 aliphatic carbocycles. The average molecular weight is 435 g/mol. The van der Waals surface area contributed by atoms with E-state index in [0.717, 1.165) is 12.8 Å². The number of para-hydroxylation sites is 1. The number of benzene rings is 1. The van der Waals surface area contributed by atoms with Crippen LogP contribution in [0.25, 0.3) is 0 Å². The highest BCUT2D eigenvalue weighted by Crippen LogP contribution is 2.35. The molecule has 1 aromatic carbocycles. The highest BCUT2D eigenvalue weighted by atomic mass is 32.2. The van der Waals surface area contributed by atoms with E-state index in [1.54, 1.807) is 42.0 Å². The number of aromatic nitrogens is 2. The van der Waals surface area contributed by atoms with E-state index in [0.29, 0.717) is 11.7 Å². The standard InChI is InChI=1S/C20H23FN3O3PS/c1-20(21,28)19-22-12-15(18(24-19)27-14-6-4-3-5-7-14)17(25)23-16(13-8-9-13)10-11-29(2)26/h3-7,10-13,16H,8-9,28H2,1-2H3,(H,23,25)/b11-10+. The van der Waals surface area contributed by atoms with Gasteiger partial charge in [-0.2, -0.15) is 4.98 Å². The Morgan fingerprint density at radius 3 is 2.69 bits per heavy atom. The van der Waals surface area contributed by atoms with E-state index in [1.165, 1.54) is 13.1 Å². The van der Waals surface area contributed by atoms with Crippen molar-refractivity contribution in [2.24, 2.45) is 5.92 Å².